The molecular weight excluding hydrogens is 240 g/mol. The van der Waals surface area contributed by atoms with Crippen LogP contribution >= 0.6 is 0 Å². The number of nitrogens with zero attached hydrogens (tertiary/aromatic N) is 1. The minimum atomic E-state index is -3.25. The van der Waals surface area contributed by atoms with E-state index in [9.17, 15) is 8.42 Å². The molecule has 2 N–H and O–H groups in total. The van der Waals surface area contributed by atoms with Crippen LogP contribution in [0.4, 0.5) is 5.69 Å². The lowest BCUT2D eigenvalue weighted by molar-refractivity contribution is 0.318. The monoisotopic (exact) mass is 254 g/mol. The Hall–Kier alpha value is -1.74. The molecule has 0 aliphatic heterocycles. The normalized spacial score (nSPS) is 10.8. The summed E-state index contributed by atoms with van der Waals surface area (Å²) < 4.78 is 27.7. The van der Waals surface area contributed by atoms with Crippen molar-refractivity contribution >= 4 is 15.5 Å². The third-order valence-electron chi connectivity index (χ3n) is 2.03. The number of hydrogen-bond donors (Lipinski definition) is 1. The summed E-state index contributed by atoms with van der Waals surface area (Å²) >= 11 is 0. The van der Waals surface area contributed by atoms with Gasteiger partial charge in [-0.1, -0.05) is 0 Å². The molecule has 0 saturated carbocycles. The second-order valence-electron chi connectivity index (χ2n) is 3.52. The molecule has 0 aliphatic carbocycles. The molecule has 0 spiro atoms. The average molecular weight is 254 g/mol. The molecule has 0 aromatic heterocycles. The lowest BCUT2D eigenvalue weighted by Gasteiger charge is -2.05. The fourth-order valence-corrected chi connectivity index (χ4v) is 2.10. The molecule has 0 atom stereocenters. The number of nitriles is 1. The zero-order chi connectivity index (χ0) is 12.7. The number of nitrogens with two attached hydrogens (primary N) is 1. The highest BCUT2D eigenvalue weighted by Gasteiger charge is 2.09. The third kappa shape index (κ3) is 5.22. The van der Waals surface area contributed by atoms with E-state index in [-0.39, 0.29) is 5.75 Å². The van der Waals surface area contributed by atoms with Crippen LogP contribution < -0.4 is 10.5 Å². The fraction of sp³-hybridized carbons (Fsp3) is 0.364. The van der Waals surface area contributed by atoms with Gasteiger partial charge < -0.3 is 10.5 Å². The van der Waals surface area contributed by atoms with Crippen LogP contribution in [-0.4, -0.2) is 26.5 Å². The molecule has 0 unspecified atom stereocenters. The number of hydrogen-bond acceptors (Lipinski definition) is 5. The van der Waals surface area contributed by atoms with Crippen molar-refractivity contribution in [3.8, 4) is 11.8 Å². The molecule has 0 amide bonds. The van der Waals surface area contributed by atoms with E-state index in [1.807, 2.05) is 0 Å². The first-order valence-corrected chi connectivity index (χ1v) is 6.91. The largest absolute Gasteiger partial charge is 0.494 e. The average Bonchev–Trinajstić information content (AvgIpc) is 2.27. The molecule has 0 radical (unpaired) electrons. The highest BCUT2D eigenvalue weighted by Crippen LogP contribution is 2.13. The summed E-state index contributed by atoms with van der Waals surface area (Å²) in [6.45, 7) is 0.300. The van der Waals surface area contributed by atoms with E-state index in [0.29, 0.717) is 24.5 Å². The van der Waals surface area contributed by atoms with E-state index in [0.717, 1.165) is 0 Å². The summed E-state index contributed by atoms with van der Waals surface area (Å²) in [5, 5.41) is 8.29. The Morgan fingerprint density at radius 1 is 1.29 bits per heavy atom. The highest BCUT2D eigenvalue weighted by molar-refractivity contribution is 7.91. The topological polar surface area (TPSA) is 93.2 Å². The van der Waals surface area contributed by atoms with Crippen LogP contribution in [0.15, 0.2) is 24.3 Å². The maximum atomic E-state index is 11.2. The van der Waals surface area contributed by atoms with Crippen molar-refractivity contribution in [1.29, 1.82) is 5.26 Å². The standard InChI is InChI=1S/C11H14N2O3S/c12-6-9-17(14,15)8-1-7-16-11-4-2-10(13)3-5-11/h2-5H,1,7-9,13H2. The molecule has 1 rings (SSSR count). The van der Waals surface area contributed by atoms with Crippen LogP contribution in [0.1, 0.15) is 6.42 Å². The SMILES string of the molecule is N#CCS(=O)(=O)CCCOc1ccc(N)cc1. The lowest BCUT2D eigenvalue weighted by atomic mass is 10.3. The minimum absolute atomic E-state index is 0.0322. The molecule has 0 heterocycles. The van der Waals surface area contributed by atoms with Crippen molar-refractivity contribution < 1.29 is 13.2 Å². The Morgan fingerprint density at radius 3 is 2.53 bits per heavy atom. The maximum absolute atomic E-state index is 11.2. The molecule has 6 heteroatoms. The Morgan fingerprint density at radius 2 is 1.94 bits per heavy atom. The predicted molar refractivity (Wildman–Crippen MR) is 65.2 cm³/mol. The van der Waals surface area contributed by atoms with Crippen molar-refractivity contribution in [3.05, 3.63) is 24.3 Å². The van der Waals surface area contributed by atoms with Crippen molar-refractivity contribution in [2.45, 2.75) is 6.42 Å². The van der Waals surface area contributed by atoms with Gasteiger partial charge in [0.2, 0.25) is 0 Å². The van der Waals surface area contributed by atoms with E-state index in [2.05, 4.69) is 0 Å². The van der Waals surface area contributed by atoms with Gasteiger partial charge in [0.05, 0.1) is 18.4 Å². The zero-order valence-electron chi connectivity index (χ0n) is 9.30. The maximum Gasteiger partial charge on any atom is 0.163 e. The Kier molecular flexibility index (Phi) is 4.79. The second-order valence-corrected chi connectivity index (χ2v) is 5.71. The van der Waals surface area contributed by atoms with Crippen LogP contribution in [0.3, 0.4) is 0 Å². The van der Waals surface area contributed by atoms with Gasteiger partial charge in [0.25, 0.3) is 0 Å². The first kappa shape index (κ1) is 13.3. The third-order valence-corrected chi connectivity index (χ3v) is 3.51. The van der Waals surface area contributed by atoms with E-state index >= 15 is 0 Å². The van der Waals surface area contributed by atoms with Gasteiger partial charge in [0.1, 0.15) is 11.5 Å². The Balaban J connectivity index is 2.30. The van der Waals surface area contributed by atoms with Gasteiger partial charge in [0, 0.05) is 5.69 Å². The van der Waals surface area contributed by atoms with Crippen LogP contribution in [-0.2, 0) is 9.84 Å². The van der Waals surface area contributed by atoms with E-state index in [1.165, 1.54) is 0 Å². The van der Waals surface area contributed by atoms with Gasteiger partial charge >= 0.3 is 0 Å². The molecule has 0 saturated heterocycles. The summed E-state index contributed by atoms with van der Waals surface area (Å²) in [4.78, 5) is 0. The van der Waals surface area contributed by atoms with Crippen molar-refractivity contribution in [2.75, 3.05) is 23.8 Å². The summed E-state index contributed by atoms with van der Waals surface area (Å²) in [6.07, 6.45) is 0.369. The van der Waals surface area contributed by atoms with Crippen molar-refractivity contribution in [1.82, 2.24) is 0 Å². The van der Waals surface area contributed by atoms with E-state index < -0.39 is 15.6 Å². The van der Waals surface area contributed by atoms with Gasteiger partial charge in [-0.15, -0.1) is 0 Å². The van der Waals surface area contributed by atoms with Crippen LogP contribution in [0.2, 0.25) is 0 Å². The van der Waals surface area contributed by atoms with Crippen molar-refractivity contribution in [2.24, 2.45) is 0 Å². The summed E-state index contributed by atoms with van der Waals surface area (Å²) in [7, 11) is -3.25. The summed E-state index contributed by atoms with van der Waals surface area (Å²) in [6, 6.07) is 8.49. The number of anilines is 1. The second kappa shape index (κ2) is 6.11. The lowest BCUT2D eigenvalue weighted by Crippen LogP contribution is -2.12. The van der Waals surface area contributed by atoms with E-state index in [4.69, 9.17) is 15.7 Å². The van der Waals surface area contributed by atoms with Gasteiger partial charge in [-0.3, -0.25) is 0 Å². The van der Waals surface area contributed by atoms with Gasteiger partial charge in [-0.2, -0.15) is 5.26 Å². The van der Waals surface area contributed by atoms with Crippen molar-refractivity contribution in [3.63, 3.8) is 0 Å². The number of ether oxygens (including phenoxy) is 1. The first-order chi connectivity index (χ1) is 8.03. The molecule has 17 heavy (non-hydrogen) atoms. The molecule has 0 bridgehead atoms. The summed E-state index contributed by atoms with van der Waals surface area (Å²) in [5.74, 6) is 0.182. The predicted octanol–water partition coefficient (Wildman–Crippen LogP) is 0.976. The molecule has 92 valence electrons. The van der Waals surface area contributed by atoms with Crippen LogP contribution in [0.5, 0.6) is 5.75 Å². The first-order valence-electron chi connectivity index (χ1n) is 5.09. The number of nitrogen functional groups attached to an aromatic ring is 1. The molecule has 1 aromatic carbocycles. The quantitative estimate of drug-likeness (QED) is 0.603. The number of benzene rings is 1. The fourth-order valence-electron chi connectivity index (χ4n) is 1.20. The molecule has 1 aromatic rings. The highest BCUT2D eigenvalue weighted by atomic mass is 32.2. The minimum Gasteiger partial charge on any atom is -0.494 e. The molecular formula is C11H14N2O3S. The Bertz CT molecular complexity index is 488. The van der Waals surface area contributed by atoms with Crippen LogP contribution in [0.25, 0.3) is 0 Å². The molecule has 0 aliphatic rings. The molecule has 0 fully saturated rings. The molecule has 5 nitrogen and oxygen atoms in total. The van der Waals surface area contributed by atoms with Gasteiger partial charge in [0.15, 0.2) is 9.84 Å². The smallest absolute Gasteiger partial charge is 0.163 e. The number of rotatable bonds is 6. The summed E-state index contributed by atoms with van der Waals surface area (Å²) in [5.41, 5.74) is 6.15. The van der Waals surface area contributed by atoms with E-state index in [1.54, 1.807) is 30.3 Å². The van der Waals surface area contributed by atoms with Gasteiger partial charge in [-0.25, -0.2) is 8.42 Å². The van der Waals surface area contributed by atoms with Gasteiger partial charge in [-0.05, 0) is 30.7 Å². The zero-order valence-corrected chi connectivity index (χ0v) is 10.1. The Labute approximate surface area is 101 Å². The number of sulfone groups is 1. The van der Waals surface area contributed by atoms with Crippen LogP contribution in [0, 0.1) is 11.3 Å².